The Morgan fingerprint density at radius 3 is 2.45 bits per heavy atom. The third-order valence-corrected chi connectivity index (χ3v) is 4.92. The van der Waals surface area contributed by atoms with Gasteiger partial charge in [0, 0.05) is 49.9 Å². The maximum atomic E-state index is 11.3. The molecule has 3 rings (SSSR count). The van der Waals surface area contributed by atoms with E-state index in [1.807, 2.05) is 0 Å². The third-order valence-electron chi connectivity index (χ3n) is 4.39. The van der Waals surface area contributed by atoms with Crippen molar-refractivity contribution in [3.8, 4) is 0 Å². The van der Waals surface area contributed by atoms with Crippen molar-refractivity contribution >= 4 is 27.7 Å². The standard InChI is InChI=1S/C16H22BrN3O2/c1-18-12-15(22-16(18)21)6-7-19-8-10-20(11-9-19)14-4-2-13(17)3-5-14/h2-5,15H,6-12H2,1H3. The fraction of sp³-hybridized carbons (Fsp3) is 0.562. The summed E-state index contributed by atoms with van der Waals surface area (Å²) in [4.78, 5) is 17.9. The van der Waals surface area contributed by atoms with Crippen LogP contribution < -0.4 is 4.90 Å². The van der Waals surface area contributed by atoms with Gasteiger partial charge >= 0.3 is 6.09 Å². The lowest BCUT2D eigenvalue weighted by molar-refractivity contribution is 0.121. The molecule has 1 aromatic rings. The van der Waals surface area contributed by atoms with Gasteiger partial charge in [-0.25, -0.2) is 4.79 Å². The normalized spacial score (nSPS) is 23.0. The second-order valence-electron chi connectivity index (χ2n) is 5.98. The monoisotopic (exact) mass is 367 g/mol. The predicted octanol–water partition coefficient (Wildman–Crippen LogP) is 2.41. The summed E-state index contributed by atoms with van der Waals surface area (Å²) >= 11 is 3.47. The molecule has 2 fully saturated rings. The van der Waals surface area contributed by atoms with Crippen molar-refractivity contribution in [2.45, 2.75) is 12.5 Å². The number of halogens is 1. The molecule has 0 bridgehead atoms. The van der Waals surface area contributed by atoms with Gasteiger partial charge in [-0.05, 0) is 30.7 Å². The summed E-state index contributed by atoms with van der Waals surface area (Å²) in [5.74, 6) is 0. The number of rotatable bonds is 4. The smallest absolute Gasteiger partial charge is 0.409 e. The summed E-state index contributed by atoms with van der Waals surface area (Å²) < 4.78 is 6.43. The summed E-state index contributed by atoms with van der Waals surface area (Å²) in [6.45, 7) is 5.94. The van der Waals surface area contributed by atoms with E-state index in [4.69, 9.17) is 4.74 Å². The third kappa shape index (κ3) is 3.73. The molecule has 1 unspecified atom stereocenters. The average Bonchev–Trinajstić information content (AvgIpc) is 2.85. The second-order valence-corrected chi connectivity index (χ2v) is 6.90. The molecule has 120 valence electrons. The van der Waals surface area contributed by atoms with Crippen LogP contribution in [0.1, 0.15) is 6.42 Å². The number of anilines is 1. The van der Waals surface area contributed by atoms with Crippen LogP contribution in [0.4, 0.5) is 10.5 Å². The second kappa shape index (κ2) is 6.87. The van der Waals surface area contributed by atoms with Gasteiger partial charge in [0.05, 0.1) is 6.54 Å². The summed E-state index contributed by atoms with van der Waals surface area (Å²) in [6, 6.07) is 8.50. The van der Waals surface area contributed by atoms with Crippen LogP contribution in [0.3, 0.4) is 0 Å². The number of amides is 1. The molecule has 0 spiro atoms. The first-order chi connectivity index (χ1) is 10.6. The predicted molar refractivity (Wildman–Crippen MR) is 90.3 cm³/mol. The highest BCUT2D eigenvalue weighted by Crippen LogP contribution is 2.20. The van der Waals surface area contributed by atoms with Gasteiger partial charge in [0.1, 0.15) is 6.10 Å². The SMILES string of the molecule is CN1CC(CCN2CCN(c3ccc(Br)cc3)CC2)OC1=O. The van der Waals surface area contributed by atoms with E-state index in [0.717, 1.165) is 50.2 Å². The van der Waals surface area contributed by atoms with Gasteiger partial charge in [0.2, 0.25) is 0 Å². The Kier molecular flexibility index (Phi) is 4.88. The van der Waals surface area contributed by atoms with Crippen LogP contribution in [0.15, 0.2) is 28.7 Å². The lowest BCUT2D eigenvalue weighted by Gasteiger charge is -2.36. The van der Waals surface area contributed by atoms with E-state index in [-0.39, 0.29) is 12.2 Å². The molecule has 0 aliphatic carbocycles. The Hall–Kier alpha value is -1.27. The molecule has 1 amide bonds. The topological polar surface area (TPSA) is 36.0 Å². The first kappa shape index (κ1) is 15.6. The Bertz CT molecular complexity index is 515. The quantitative estimate of drug-likeness (QED) is 0.818. The Morgan fingerprint density at radius 2 is 1.86 bits per heavy atom. The number of nitrogens with zero attached hydrogens (tertiary/aromatic N) is 3. The van der Waals surface area contributed by atoms with Crippen molar-refractivity contribution in [2.75, 3.05) is 51.2 Å². The summed E-state index contributed by atoms with van der Waals surface area (Å²) in [7, 11) is 1.79. The minimum Gasteiger partial charge on any atom is -0.444 e. The van der Waals surface area contributed by atoms with Crippen molar-refractivity contribution in [3.05, 3.63) is 28.7 Å². The summed E-state index contributed by atoms with van der Waals surface area (Å²) in [6.07, 6.45) is 0.793. The molecule has 6 heteroatoms. The van der Waals surface area contributed by atoms with E-state index in [9.17, 15) is 4.79 Å². The Labute approximate surface area is 139 Å². The summed E-state index contributed by atoms with van der Waals surface area (Å²) in [5, 5.41) is 0. The number of piperazine rings is 1. The fourth-order valence-corrected chi connectivity index (χ4v) is 3.27. The van der Waals surface area contributed by atoms with Crippen molar-refractivity contribution in [1.29, 1.82) is 0 Å². The van der Waals surface area contributed by atoms with Crippen LogP contribution in [0.25, 0.3) is 0 Å². The molecular weight excluding hydrogens is 346 g/mol. The molecule has 5 nitrogen and oxygen atoms in total. The molecule has 0 N–H and O–H groups in total. The highest BCUT2D eigenvalue weighted by Gasteiger charge is 2.28. The van der Waals surface area contributed by atoms with E-state index < -0.39 is 0 Å². The van der Waals surface area contributed by atoms with Crippen LogP contribution in [-0.4, -0.2) is 68.3 Å². The number of likely N-dealkylation sites (N-methyl/N-ethyl adjacent to an activating group) is 1. The number of carbonyl (C=O) groups is 1. The van der Waals surface area contributed by atoms with Gasteiger partial charge in [-0.2, -0.15) is 0 Å². The largest absolute Gasteiger partial charge is 0.444 e. The van der Waals surface area contributed by atoms with E-state index in [0.29, 0.717) is 0 Å². The zero-order valence-corrected chi connectivity index (χ0v) is 14.5. The van der Waals surface area contributed by atoms with Crippen LogP contribution in [0.2, 0.25) is 0 Å². The van der Waals surface area contributed by atoms with Crippen molar-refractivity contribution < 1.29 is 9.53 Å². The molecule has 0 radical (unpaired) electrons. The number of cyclic esters (lactones) is 1. The maximum absolute atomic E-state index is 11.3. The number of ether oxygens (including phenoxy) is 1. The van der Waals surface area contributed by atoms with Crippen molar-refractivity contribution in [2.24, 2.45) is 0 Å². The molecule has 1 aromatic carbocycles. The Morgan fingerprint density at radius 1 is 1.18 bits per heavy atom. The van der Waals surface area contributed by atoms with Crippen LogP contribution >= 0.6 is 15.9 Å². The minimum atomic E-state index is -0.190. The minimum absolute atomic E-state index is 0.0574. The highest BCUT2D eigenvalue weighted by molar-refractivity contribution is 9.10. The molecular formula is C16H22BrN3O2. The van der Waals surface area contributed by atoms with Gasteiger partial charge in [-0.1, -0.05) is 15.9 Å². The highest BCUT2D eigenvalue weighted by atomic mass is 79.9. The number of hydrogen-bond donors (Lipinski definition) is 0. The van der Waals surface area contributed by atoms with Crippen LogP contribution in [0.5, 0.6) is 0 Å². The molecule has 0 saturated carbocycles. The first-order valence-electron chi connectivity index (χ1n) is 7.76. The van der Waals surface area contributed by atoms with Gasteiger partial charge in [0.15, 0.2) is 0 Å². The number of hydrogen-bond acceptors (Lipinski definition) is 4. The van der Waals surface area contributed by atoms with E-state index >= 15 is 0 Å². The summed E-state index contributed by atoms with van der Waals surface area (Å²) in [5.41, 5.74) is 1.29. The molecule has 1 atom stereocenters. The van der Waals surface area contributed by atoms with E-state index in [1.165, 1.54) is 5.69 Å². The van der Waals surface area contributed by atoms with Gasteiger partial charge in [-0.15, -0.1) is 0 Å². The number of carbonyl (C=O) groups excluding carboxylic acids is 1. The molecule has 2 aliphatic rings. The van der Waals surface area contributed by atoms with Crippen LogP contribution in [0, 0.1) is 0 Å². The molecule has 2 heterocycles. The fourth-order valence-electron chi connectivity index (χ4n) is 3.01. The van der Waals surface area contributed by atoms with Gasteiger partial charge in [0.25, 0.3) is 0 Å². The van der Waals surface area contributed by atoms with Crippen LogP contribution in [-0.2, 0) is 4.74 Å². The molecule has 0 aromatic heterocycles. The first-order valence-corrected chi connectivity index (χ1v) is 8.56. The molecule has 2 aliphatic heterocycles. The lowest BCUT2D eigenvalue weighted by Crippen LogP contribution is -2.47. The maximum Gasteiger partial charge on any atom is 0.409 e. The van der Waals surface area contributed by atoms with Crippen molar-refractivity contribution in [1.82, 2.24) is 9.80 Å². The lowest BCUT2D eigenvalue weighted by atomic mass is 10.2. The Balaban J connectivity index is 1.42. The van der Waals surface area contributed by atoms with Gasteiger partial charge < -0.3 is 14.5 Å². The number of benzene rings is 1. The van der Waals surface area contributed by atoms with E-state index in [2.05, 4.69) is 50.0 Å². The zero-order valence-electron chi connectivity index (χ0n) is 12.9. The average molecular weight is 368 g/mol. The molecule has 22 heavy (non-hydrogen) atoms. The zero-order chi connectivity index (χ0) is 15.5. The van der Waals surface area contributed by atoms with Gasteiger partial charge in [-0.3, -0.25) is 4.90 Å². The van der Waals surface area contributed by atoms with Crippen molar-refractivity contribution in [3.63, 3.8) is 0 Å². The van der Waals surface area contributed by atoms with E-state index in [1.54, 1.807) is 11.9 Å². The molecule has 2 saturated heterocycles.